The normalized spacial score (nSPS) is 16.4. The third-order valence-corrected chi connectivity index (χ3v) is 5.88. The van der Waals surface area contributed by atoms with Crippen molar-refractivity contribution in [2.75, 3.05) is 41.7 Å². The first-order valence-electron chi connectivity index (χ1n) is 10.9. The Hall–Kier alpha value is -3.02. The van der Waals surface area contributed by atoms with Gasteiger partial charge in [0.2, 0.25) is 0 Å². The largest absolute Gasteiger partial charge is 0.371 e. The zero-order valence-corrected chi connectivity index (χ0v) is 17.6. The number of anilines is 3. The van der Waals surface area contributed by atoms with E-state index in [4.69, 9.17) is 0 Å². The minimum atomic E-state index is -0.316. The molecule has 2 heterocycles. The van der Waals surface area contributed by atoms with Crippen LogP contribution in [0.1, 0.15) is 48.0 Å². The van der Waals surface area contributed by atoms with Crippen molar-refractivity contribution in [3.05, 3.63) is 53.6 Å². The fourth-order valence-electron chi connectivity index (χ4n) is 4.22. The number of carbonyl (C=O) groups excluding carboxylic acids is 2. The van der Waals surface area contributed by atoms with Gasteiger partial charge in [-0.2, -0.15) is 0 Å². The highest BCUT2D eigenvalue weighted by molar-refractivity contribution is 6.04. The van der Waals surface area contributed by atoms with Gasteiger partial charge in [-0.25, -0.2) is 4.79 Å². The Morgan fingerprint density at radius 2 is 1.37 bits per heavy atom. The second-order valence-corrected chi connectivity index (χ2v) is 8.22. The van der Waals surface area contributed by atoms with Crippen LogP contribution in [0.5, 0.6) is 0 Å². The number of rotatable bonds is 4. The molecule has 6 nitrogen and oxygen atoms in total. The lowest BCUT2D eigenvalue weighted by molar-refractivity contribution is 0.0793. The number of piperidine rings is 1. The lowest BCUT2D eigenvalue weighted by Gasteiger charge is -2.31. The average molecular weight is 407 g/mol. The molecule has 0 atom stereocenters. The third-order valence-electron chi connectivity index (χ3n) is 5.88. The Bertz CT molecular complexity index is 898. The quantitative estimate of drug-likeness (QED) is 0.762. The molecule has 4 rings (SSSR count). The van der Waals surface area contributed by atoms with Crippen LogP contribution in [0.15, 0.2) is 42.5 Å². The number of benzene rings is 2. The van der Waals surface area contributed by atoms with Crippen LogP contribution in [-0.2, 0) is 0 Å². The van der Waals surface area contributed by atoms with E-state index < -0.39 is 0 Å². The van der Waals surface area contributed by atoms with E-state index in [9.17, 15) is 9.59 Å². The molecule has 0 aliphatic carbocycles. The number of nitrogens with one attached hydrogen (secondary N) is 2. The summed E-state index contributed by atoms with van der Waals surface area (Å²) in [5.41, 5.74) is 4.17. The van der Waals surface area contributed by atoms with Crippen molar-refractivity contribution in [1.29, 1.82) is 0 Å². The summed E-state index contributed by atoms with van der Waals surface area (Å²) in [4.78, 5) is 29.9. The lowest BCUT2D eigenvalue weighted by atomic mass is 10.1. The molecular weight excluding hydrogens is 376 g/mol. The molecule has 0 aromatic heterocycles. The first-order chi connectivity index (χ1) is 14.6. The topological polar surface area (TPSA) is 64.7 Å². The van der Waals surface area contributed by atoms with Crippen molar-refractivity contribution >= 4 is 29.0 Å². The molecule has 0 spiro atoms. The maximum absolute atomic E-state index is 13.2. The SMILES string of the molecule is Cc1ccc(NC(=O)Nc2ccc(N3CCCCC3)c(C(=O)N3CCCC3)c2)cc1. The van der Waals surface area contributed by atoms with E-state index in [1.165, 1.54) is 6.42 Å². The summed E-state index contributed by atoms with van der Waals surface area (Å²) < 4.78 is 0. The highest BCUT2D eigenvalue weighted by Crippen LogP contribution is 2.29. The molecule has 3 amide bonds. The lowest BCUT2D eigenvalue weighted by Crippen LogP contribution is -2.34. The van der Waals surface area contributed by atoms with Gasteiger partial charge < -0.3 is 20.4 Å². The van der Waals surface area contributed by atoms with E-state index in [0.717, 1.165) is 68.8 Å². The molecule has 158 valence electrons. The minimum Gasteiger partial charge on any atom is -0.371 e. The van der Waals surface area contributed by atoms with Crippen molar-refractivity contribution in [2.24, 2.45) is 0 Å². The average Bonchev–Trinajstić information content (AvgIpc) is 3.30. The summed E-state index contributed by atoms with van der Waals surface area (Å²) in [5, 5.41) is 5.73. The van der Waals surface area contributed by atoms with Crippen molar-refractivity contribution in [1.82, 2.24) is 4.90 Å². The molecule has 2 aliphatic rings. The standard InChI is InChI=1S/C24H30N4O2/c1-18-7-9-19(10-8-18)25-24(30)26-20-11-12-22(27-13-3-2-4-14-27)21(17-20)23(29)28-15-5-6-16-28/h7-12,17H,2-6,13-16H2,1H3,(H2,25,26,30). The van der Waals surface area contributed by atoms with Crippen LogP contribution in [0.3, 0.4) is 0 Å². The van der Waals surface area contributed by atoms with Gasteiger partial charge in [0.1, 0.15) is 0 Å². The molecule has 0 saturated carbocycles. The summed E-state index contributed by atoms with van der Waals surface area (Å²) in [7, 11) is 0. The number of carbonyl (C=O) groups is 2. The van der Waals surface area contributed by atoms with Crippen molar-refractivity contribution in [2.45, 2.75) is 39.0 Å². The van der Waals surface area contributed by atoms with E-state index in [1.54, 1.807) is 0 Å². The van der Waals surface area contributed by atoms with E-state index in [0.29, 0.717) is 11.3 Å². The third kappa shape index (κ3) is 4.75. The van der Waals surface area contributed by atoms with E-state index >= 15 is 0 Å². The van der Waals surface area contributed by atoms with Gasteiger partial charge in [0, 0.05) is 43.2 Å². The molecule has 0 radical (unpaired) electrons. The van der Waals surface area contributed by atoms with Crippen LogP contribution in [-0.4, -0.2) is 43.0 Å². The monoisotopic (exact) mass is 406 g/mol. The summed E-state index contributed by atoms with van der Waals surface area (Å²) >= 11 is 0. The predicted molar refractivity (Wildman–Crippen MR) is 121 cm³/mol. The van der Waals surface area contributed by atoms with E-state index in [2.05, 4.69) is 15.5 Å². The van der Waals surface area contributed by atoms with Crippen LogP contribution in [0, 0.1) is 6.92 Å². The number of hydrogen-bond acceptors (Lipinski definition) is 3. The summed E-state index contributed by atoms with van der Waals surface area (Å²) in [6.45, 7) is 5.57. The predicted octanol–water partition coefficient (Wildman–Crippen LogP) is 4.87. The molecule has 2 aromatic carbocycles. The summed E-state index contributed by atoms with van der Waals surface area (Å²) in [6, 6.07) is 13.0. The Balaban J connectivity index is 1.54. The van der Waals surface area contributed by atoms with Crippen molar-refractivity contribution in [3.63, 3.8) is 0 Å². The van der Waals surface area contributed by atoms with Gasteiger partial charge in [-0.05, 0) is 69.4 Å². The highest BCUT2D eigenvalue weighted by Gasteiger charge is 2.25. The maximum atomic E-state index is 13.2. The maximum Gasteiger partial charge on any atom is 0.323 e. The van der Waals surface area contributed by atoms with E-state index in [1.807, 2.05) is 54.3 Å². The van der Waals surface area contributed by atoms with Crippen molar-refractivity contribution in [3.8, 4) is 0 Å². The molecule has 2 aromatic rings. The first kappa shape index (κ1) is 20.3. The number of likely N-dealkylation sites (tertiary alicyclic amines) is 1. The Kier molecular flexibility index (Phi) is 6.21. The molecule has 6 heteroatoms. The van der Waals surface area contributed by atoms with Crippen LogP contribution in [0.25, 0.3) is 0 Å². The number of amides is 3. The number of aryl methyl sites for hydroxylation is 1. The van der Waals surface area contributed by atoms with Crippen LogP contribution in [0.4, 0.5) is 21.9 Å². The highest BCUT2D eigenvalue weighted by atomic mass is 16.2. The molecule has 0 unspecified atom stereocenters. The molecule has 2 aliphatic heterocycles. The molecule has 30 heavy (non-hydrogen) atoms. The fourth-order valence-corrected chi connectivity index (χ4v) is 4.22. The second kappa shape index (κ2) is 9.20. The summed E-state index contributed by atoms with van der Waals surface area (Å²) in [6.07, 6.45) is 5.65. The van der Waals surface area contributed by atoms with E-state index in [-0.39, 0.29) is 11.9 Å². The second-order valence-electron chi connectivity index (χ2n) is 8.22. The summed E-state index contributed by atoms with van der Waals surface area (Å²) in [5.74, 6) is 0.0654. The van der Waals surface area contributed by atoms with Gasteiger partial charge in [0.05, 0.1) is 5.56 Å². The van der Waals surface area contributed by atoms with Gasteiger partial charge in [-0.3, -0.25) is 4.79 Å². The van der Waals surface area contributed by atoms with Gasteiger partial charge in [-0.15, -0.1) is 0 Å². The Morgan fingerprint density at radius 3 is 2.07 bits per heavy atom. The minimum absolute atomic E-state index is 0.0654. The first-order valence-corrected chi connectivity index (χ1v) is 10.9. The smallest absolute Gasteiger partial charge is 0.323 e. The number of urea groups is 1. The number of hydrogen-bond donors (Lipinski definition) is 2. The van der Waals surface area contributed by atoms with Gasteiger partial charge in [0.15, 0.2) is 0 Å². The van der Waals surface area contributed by atoms with Crippen LogP contribution >= 0.6 is 0 Å². The van der Waals surface area contributed by atoms with Crippen LogP contribution in [0.2, 0.25) is 0 Å². The van der Waals surface area contributed by atoms with Gasteiger partial charge in [-0.1, -0.05) is 17.7 Å². The zero-order chi connectivity index (χ0) is 20.9. The van der Waals surface area contributed by atoms with Gasteiger partial charge in [0.25, 0.3) is 5.91 Å². The van der Waals surface area contributed by atoms with Gasteiger partial charge >= 0.3 is 6.03 Å². The van der Waals surface area contributed by atoms with Crippen LogP contribution < -0.4 is 15.5 Å². The Morgan fingerprint density at radius 1 is 0.767 bits per heavy atom. The molecule has 0 bridgehead atoms. The van der Waals surface area contributed by atoms with Crippen molar-refractivity contribution < 1.29 is 9.59 Å². The molecule has 2 saturated heterocycles. The molecular formula is C24H30N4O2. The zero-order valence-electron chi connectivity index (χ0n) is 17.6. The fraction of sp³-hybridized carbons (Fsp3) is 0.417. The molecule has 2 fully saturated rings. The Labute approximate surface area is 178 Å². The molecule has 2 N–H and O–H groups in total. The number of nitrogens with zero attached hydrogens (tertiary/aromatic N) is 2.